The standard InChI is InChI=1S/C8H7ClO4/c9-4-7(12)13-8-5(10)2-1-3-6(8)11/h1-3,10-11H,4H2. The Morgan fingerprint density at radius 1 is 1.38 bits per heavy atom. The average Bonchev–Trinajstić information content (AvgIpc) is 2.11. The molecule has 4 nitrogen and oxygen atoms in total. The lowest BCUT2D eigenvalue weighted by Crippen LogP contribution is -2.09. The molecule has 13 heavy (non-hydrogen) atoms. The van der Waals surface area contributed by atoms with Gasteiger partial charge in [-0.15, -0.1) is 11.6 Å². The zero-order chi connectivity index (χ0) is 9.84. The van der Waals surface area contributed by atoms with Gasteiger partial charge in [0.05, 0.1) is 0 Å². The van der Waals surface area contributed by atoms with E-state index in [4.69, 9.17) is 21.8 Å². The number of phenols is 2. The number of benzene rings is 1. The van der Waals surface area contributed by atoms with E-state index in [2.05, 4.69) is 4.74 Å². The van der Waals surface area contributed by atoms with Crippen LogP contribution in [0.1, 0.15) is 0 Å². The molecule has 1 aromatic rings. The summed E-state index contributed by atoms with van der Waals surface area (Å²) >= 11 is 5.17. The summed E-state index contributed by atoms with van der Waals surface area (Å²) in [5, 5.41) is 18.3. The first-order chi connectivity index (χ1) is 6.15. The second-order valence-corrected chi connectivity index (χ2v) is 2.50. The first-order valence-corrected chi connectivity index (χ1v) is 3.96. The van der Waals surface area contributed by atoms with Crippen molar-refractivity contribution in [2.45, 2.75) is 0 Å². The van der Waals surface area contributed by atoms with E-state index in [9.17, 15) is 4.79 Å². The summed E-state index contributed by atoms with van der Waals surface area (Å²) in [6.45, 7) is 0. The molecule has 0 aliphatic rings. The lowest BCUT2D eigenvalue weighted by atomic mass is 10.3. The second kappa shape index (κ2) is 4.00. The van der Waals surface area contributed by atoms with Gasteiger partial charge in [0.2, 0.25) is 5.75 Å². The highest BCUT2D eigenvalue weighted by molar-refractivity contribution is 6.26. The minimum absolute atomic E-state index is 0.270. The normalized spacial score (nSPS) is 9.62. The van der Waals surface area contributed by atoms with Gasteiger partial charge in [0.1, 0.15) is 5.88 Å². The van der Waals surface area contributed by atoms with Gasteiger partial charge in [-0.25, -0.2) is 0 Å². The molecule has 0 spiro atoms. The molecule has 0 saturated carbocycles. The van der Waals surface area contributed by atoms with Crippen LogP contribution in [0.5, 0.6) is 17.2 Å². The zero-order valence-corrected chi connectivity index (χ0v) is 7.28. The van der Waals surface area contributed by atoms with Crippen molar-refractivity contribution in [1.29, 1.82) is 0 Å². The fourth-order valence-corrected chi connectivity index (χ4v) is 0.813. The van der Waals surface area contributed by atoms with Crippen molar-refractivity contribution in [3.05, 3.63) is 18.2 Å². The molecule has 0 saturated heterocycles. The minimum Gasteiger partial charge on any atom is -0.504 e. The number of para-hydroxylation sites is 1. The predicted octanol–water partition coefficient (Wildman–Crippen LogP) is 1.24. The molecule has 0 radical (unpaired) electrons. The number of rotatable bonds is 2. The van der Waals surface area contributed by atoms with Crippen molar-refractivity contribution in [3.63, 3.8) is 0 Å². The molecule has 1 rings (SSSR count). The lowest BCUT2D eigenvalue weighted by Gasteiger charge is -2.05. The molecule has 0 unspecified atom stereocenters. The summed E-state index contributed by atoms with van der Waals surface area (Å²) < 4.78 is 4.55. The Morgan fingerprint density at radius 3 is 2.38 bits per heavy atom. The van der Waals surface area contributed by atoms with Gasteiger partial charge in [-0.3, -0.25) is 4.79 Å². The van der Waals surface area contributed by atoms with Gasteiger partial charge in [-0.05, 0) is 12.1 Å². The van der Waals surface area contributed by atoms with Crippen LogP contribution in [-0.4, -0.2) is 22.1 Å². The first-order valence-electron chi connectivity index (χ1n) is 3.42. The van der Waals surface area contributed by atoms with Crippen LogP contribution in [0.15, 0.2) is 18.2 Å². The van der Waals surface area contributed by atoms with Crippen molar-refractivity contribution < 1.29 is 19.7 Å². The monoisotopic (exact) mass is 202 g/mol. The topological polar surface area (TPSA) is 66.8 Å². The van der Waals surface area contributed by atoms with E-state index in [0.717, 1.165) is 0 Å². The van der Waals surface area contributed by atoms with Gasteiger partial charge in [-0.2, -0.15) is 0 Å². The van der Waals surface area contributed by atoms with E-state index in [-0.39, 0.29) is 23.1 Å². The number of alkyl halides is 1. The van der Waals surface area contributed by atoms with E-state index in [0.29, 0.717) is 0 Å². The third kappa shape index (κ3) is 2.26. The SMILES string of the molecule is O=C(CCl)Oc1c(O)cccc1O. The van der Waals surface area contributed by atoms with Crippen molar-refractivity contribution in [2.24, 2.45) is 0 Å². The third-order valence-electron chi connectivity index (χ3n) is 1.30. The Bertz CT molecular complexity index is 304. The summed E-state index contributed by atoms with van der Waals surface area (Å²) in [6, 6.07) is 4.00. The first kappa shape index (κ1) is 9.67. The van der Waals surface area contributed by atoms with Gasteiger partial charge < -0.3 is 14.9 Å². The molecular formula is C8H7ClO4. The molecule has 0 aliphatic heterocycles. The van der Waals surface area contributed by atoms with Crippen LogP contribution < -0.4 is 4.74 Å². The van der Waals surface area contributed by atoms with E-state index in [1.54, 1.807) is 0 Å². The van der Waals surface area contributed by atoms with Crippen LogP contribution in [0.25, 0.3) is 0 Å². The van der Waals surface area contributed by atoms with Gasteiger partial charge in [-0.1, -0.05) is 6.07 Å². The number of esters is 1. The molecule has 0 aromatic heterocycles. The second-order valence-electron chi connectivity index (χ2n) is 2.23. The lowest BCUT2D eigenvalue weighted by molar-refractivity contribution is -0.131. The molecule has 0 amide bonds. The van der Waals surface area contributed by atoms with Crippen molar-refractivity contribution in [3.8, 4) is 17.2 Å². The molecule has 0 bridgehead atoms. The van der Waals surface area contributed by atoms with Gasteiger partial charge >= 0.3 is 5.97 Å². The molecule has 0 atom stereocenters. The highest BCUT2D eigenvalue weighted by Gasteiger charge is 2.11. The Morgan fingerprint density at radius 2 is 1.92 bits per heavy atom. The maximum absolute atomic E-state index is 10.7. The molecule has 70 valence electrons. The molecule has 1 aromatic carbocycles. The third-order valence-corrected chi connectivity index (χ3v) is 1.52. The highest BCUT2D eigenvalue weighted by atomic mass is 35.5. The number of carbonyl (C=O) groups excluding carboxylic acids is 1. The largest absolute Gasteiger partial charge is 0.504 e. The molecule has 2 N–H and O–H groups in total. The smallest absolute Gasteiger partial charge is 0.326 e. The fourth-order valence-electron chi connectivity index (χ4n) is 0.759. The molecular weight excluding hydrogens is 196 g/mol. The summed E-state index contributed by atoms with van der Waals surface area (Å²) in [5.41, 5.74) is 0. The minimum atomic E-state index is -0.738. The number of halogens is 1. The van der Waals surface area contributed by atoms with Crippen LogP contribution in [0.4, 0.5) is 0 Å². The summed E-state index contributed by atoms with van der Waals surface area (Å²) in [5.74, 6) is -1.96. The van der Waals surface area contributed by atoms with Gasteiger partial charge in [0.25, 0.3) is 0 Å². The molecule has 5 heteroatoms. The number of carbonyl (C=O) groups is 1. The van der Waals surface area contributed by atoms with Crippen molar-refractivity contribution in [2.75, 3.05) is 5.88 Å². The van der Waals surface area contributed by atoms with E-state index in [1.165, 1.54) is 18.2 Å². The van der Waals surface area contributed by atoms with Crippen LogP contribution in [0, 0.1) is 0 Å². The van der Waals surface area contributed by atoms with Crippen LogP contribution in [-0.2, 0) is 4.79 Å². The number of aromatic hydroxyl groups is 2. The van der Waals surface area contributed by atoms with Crippen molar-refractivity contribution >= 4 is 17.6 Å². The fraction of sp³-hybridized carbons (Fsp3) is 0.125. The molecule has 0 fully saturated rings. The summed E-state index contributed by atoms with van der Waals surface area (Å²) in [4.78, 5) is 10.7. The highest BCUT2D eigenvalue weighted by Crippen LogP contribution is 2.34. The van der Waals surface area contributed by atoms with Gasteiger partial charge in [0.15, 0.2) is 11.5 Å². The summed E-state index contributed by atoms with van der Waals surface area (Å²) in [6.07, 6.45) is 0. The molecule has 0 aliphatic carbocycles. The Kier molecular flexibility index (Phi) is 2.97. The van der Waals surface area contributed by atoms with Crippen LogP contribution in [0.3, 0.4) is 0 Å². The van der Waals surface area contributed by atoms with E-state index < -0.39 is 5.97 Å². The van der Waals surface area contributed by atoms with E-state index in [1.807, 2.05) is 0 Å². The number of hydrogen-bond acceptors (Lipinski definition) is 4. The number of phenolic OH excluding ortho intramolecular Hbond substituents is 2. The predicted molar refractivity (Wildman–Crippen MR) is 46.1 cm³/mol. The Balaban J connectivity index is 2.93. The number of ether oxygens (including phenoxy) is 1. The van der Waals surface area contributed by atoms with Crippen molar-refractivity contribution in [1.82, 2.24) is 0 Å². The van der Waals surface area contributed by atoms with Crippen LogP contribution in [0.2, 0.25) is 0 Å². The zero-order valence-electron chi connectivity index (χ0n) is 6.53. The molecule has 0 heterocycles. The number of hydrogen-bond donors (Lipinski definition) is 2. The Labute approximate surface area is 79.3 Å². The maximum atomic E-state index is 10.7. The quantitative estimate of drug-likeness (QED) is 0.430. The maximum Gasteiger partial charge on any atom is 0.326 e. The van der Waals surface area contributed by atoms with E-state index >= 15 is 0 Å². The van der Waals surface area contributed by atoms with Gasteiger partial charge in [0, 0.05) is 0 Å². The average molecular weight is 203 g/mol. The summed E-state index contributed by atoms with van der Waals surface area (Å²) in [7, 11) is 0. The Hall–Kier alpha value is -1.42. The van der Waals surface area contributed by atoms with Crippen LogP contribution >= 0.6 is 11.6 Å².